The summed E-state index contributed by atoms with van der Waals surface area (Å²) in [6, 6.07) is 15.5. The first-order valence-electron chi connectivity index (χ1n) is 17.7. The number of hydrogen-bond acceptors (Lipinski definition) is 1. The topological polar surface area (TPSA) is 9.23 Å². The Morgan fingerprint density at radius 3 is 1.98 bits per heavy atom. The van der Waals surface area contributed by atoms with Gasteiger partial charge in [0.25, 0.3) is 0 Å². The van der Waals surface area contributed by atoms with Gasteiger partial charge >= 0.3 is 0 Å². The van der Waals surface area contributed by atoms with E-state index >= 15 is 4.39 Å². The lowest BCUT2D eigenvalue weighted by Crippen LogP contribution is -2.23. The van der Waals surface area contributed by atoms with Gasteiger partial charge in [-0.05, 0) is 96.7 Å². The highest BCUT2D eigenvalue weighted by Gasteiger charge is 2.29. The molecular weight excluding hydrogens is 565 g/mol. The number of allylic oxidation sites excluding steroid dienone is 2. The molecule has 5 rings (SSSR count). The van der Waals surface area contributed by atoms with Gasteiger partial charge in [0.15, 0.2) is 11.6 Å². The first-order chi connectivity index (χ1) is 22.0. The number of rotatable bonds is 14. The molecule has 4 heteroatoms. The summed E-state index contributed by atoms with van der Waals surface area (Å²) in [4.78, 5) is 0. The molecule has 0 saturated heterocycles. The van der Waals surface area contributed by atoms with Crippen molar-refractivity contribution in [2.45, 2.75) is 110 Å². The van der Waals surface area contributed by atoms with Crippen LogP contribution in [0.15, 0.2) is 60.7 Å². The van der Waals surface area contributed by atoms with Crippen molar-refractivity contribution in [3.8, 4) is 28.0 Å². The fourth-order valence-corrected chi connectivity index (χ4v) is 7.53. The molecule has 3 aromatic rings. The van der Waals surface area contributed by atoms with Crippen molar-refractivity contribution in [2.75, 3.05) is 6.61 Å². The van der Waals surface area contributed by atoms with Gasteiger partial charge in [-0.25, -0.2) is 8.78 Å². The Labute approximate surface area is 269 Å². The molecule has 45 heavy (non-hydrogen) atoms. The molecule has 1 nitrogen and oxygen atoms in total. The minimum absolute atomic E-state index is 0.0598. The fraction of sp³-hybridized carbons (Fsp3) is 0.512. The second-order valence-electron chi connectivity index (χ2n) is 13.5. The summed E-state index contributed by atoms with van der Waals surface area (Å²) in [5.74, 6) is 0.345. The van der Waals surface area contributed by atoms with Crippen molar-refractivity contribution in [1.82, 2.24) is 0 Å². The Kier molecular flexibility index (Phi) is 12.2. The van der Waals surface area contributed by atoms with Crippen LogP contribution in [0.1, 0.15) is 116 Å². The lowest BCUT2D eigenvalue weighted by Gasteiger charge is -2.35. The summed E-state index contributed by atoms with van der Waals surface area (Å²) in [6.45, 7) is 4.77. The van der Waals surface area contributed by atoms with Crippen LogP contribution in [0, 0.1) is 35.2 Å². The van der Waals surface area contributed by atoms with Gasteiger partial charge in [-0.3, -0.25) is 0 Å². The first-order valence-corrected chi connectivity index (χ1v) is 17.7. The zero-order valence-electron chi connectivity index (χ0n) is 27.4. The quantitative estimate of drug-likeness (QED) is 0.164. The maximum atomic E-state index is 15.4. The normalized spacial score (nSPS) is 20.2. The summed E-state index contributed by atoms with van der Waals surface area (Å²) >= 11 is 0. The van der Waals surface area contributed by atoms with E-state index in [2.05, 4.69) is 19.9 Å². The van der Waals surface area contributed by atoms with Crippen LogP contribution >= 0.6 is 0 Å². The van der Waals surface area contributed by atoms with Gasteiger partial charge in [-0.1, -0.05) is 114 Å². The zero-order valence-corrected chi connectivity index (χ0v) is 27.4. The van der Waals surface area contributed by atoms with Crippen molar-refractivity contribution in [3.63, 3.8) is 0 Å². The second-order valence-corrected chi connectivity index (χ2v) is 13.5. The van der Waals surface area contributed by atoms with E-state index in [-0.39, 0.29) is 17.1 Å². The van der Waals surface area contributed by atoms with Crippen molar-refractivity contribution < 1.29 is 17.9 Å². The predicted molar refractivity (Wildman–Crippen MR) is 182 cm³/mol. The highest BCUT2D eigenvalue weighted by atomic mass is 19.2. The minimum atomic E-state index is -0.970. The van der Waals surface area contributed by atoms with Crippen LogP contribution in [0.4, 0.5) is 13.2 Å². The van der Waals surface area contributed by atoms with E-state index in [1.165, 1.54) is 69.4 Å². The molecule has 3 aromatic carbocycles. The molecule has 1 atom stereocenters. The summed E-state index contributed by atoms with van der Waals surface area (Å²) in [5, 5.41) is 0. The van der Waals surface area contributed by atoms with Crippen LogP contribution < -0.4 is 4.74 Å². The summed E-state index contributed by atoms with van der Waals surface area (Å²) in [6.07, 6.45) is 20.8. The van der Waals surface area contributed by atoms with Crippen molar-refractivity contribution in [3.05, 3.63) is 83.7 Å². The van der Waals surface area contributed by atoms with Gasteiger partial charge < -0.3 is 4.74 Å². The first kappa shape index (κ1) is 33.4. The van der Waals surface area contributed by atoms with Gasteiger partial charge in [-0.15, -0.1) is 0 Å². The Hall–Kier alpha value is -3.01. The molecular formula is C41H51F3O. The second kappa shape index (κ2) is 16.5. The van der Waals surface area contributed by atoms with Crippen LogP contribution in [-0.4, -0.2) is 6.61 Å². The average molecular weight is 617 g/mol. The largest absolute Gasteiger partial charge is 0.490 e. The Morgan fingerprint density at radius 1 is 0.644 bits per heavy atom. The van der Waals surface area contributed by atoms with Gasteiger partial charge in [0.2, 0.25) is 5.82 Å². The maximum Gasteiger partial charge on any atom is 0.201 e. The Balaban J connectivity index is 1.18. The van der Waals surface area contributed by atoms with E-state index in [9.17, 15) is 8.78 Å². The highest BCUT2D eigenvalue weighted by Crippen LogP contribution is 2.42. The lowest BCUT2D eigenvalue weighted by atomic mass is 9.70. The van der Waals surface area contributed by atoms with Crippen molar-refractivity contribution >= 4 is 5.57 Å². The molecule has 2 aliphatic carbocycles. The highest BCUT2D eigenvalue weighted by molar-refractivity contribution is 5.74. The summed E-state index contributed by atoms with van der Waals surface area (Å²) in [7, 11) is 0. The summed E-state index contributed by atoms with van der Waals surface area (Å²) in [5.41, 5.74) is 4.14. The van der Waals surface area contributed by atoms with Gasteiger partial charge in [0.05, 0.1) is 6.61 Å². The van der Waals surface area contributed by atoms with Crippen LogP contribution in [0.5, 0.6) is 5.75 Å². The fourth-order valence-electron chi connectivity index (χ4n) is 7.53. The van der Waals surface area contributed by atoms with Crippen LogP contribution in [-0.2, 0) is 0 Å². The average Bonchev–Trinajstić information content (AvgIpc) is 3.07. The van der Waals surface area contributed by atoms with Crippen LogP contribution in [0.2, 0.25) is 0 Å². The van der Waals surface area contributed by atoms with Gasteiger partial charge in [0, 0.05) is 11.1 Å². The molecule has 2 aliphatic rings. The third-order valence-corrected chi connectivity index (χ3v) is 10.4. The standard InChI is InChI=1S/C41H51F3O/c1-3-5-7-9-27-45-39-26-25-37(40(43)41(39)44)34-21-19-33(20-22-34)36-24-23-35(28-38(36)42)32-17-15-31(16-18-32)30-13-11-29(12-14-30)10-8-6-4-2/h17,19-26,28-31H,3-16,18,27H2,1-2H3. The molecule has 0 amide bonds. The van der Waals surface area contributed by atoms with E-state index in [0.29, 0.717) is 23.3 Å². The van der Waals surface area contributed by atoms with E-state index in [1.807, 2.05) is 12.1 Å². The van der Waals surface area contributed by atoms with E-state index in [1.54, 1.807) is 36.4 Å². The zero-order chi connectivity index (χ0) is 31.6. The number of benzene rings is 3. The Morgan fingerprint density at radius 2 is 1.31 bits per heavy atom. The number of halogens is 3. The van der Waals surface area contributed by atoms with Crippen molar-refractivity contribution in [1.29, 1.82) is 0 Å². The van der Waals surface area contributed by atoms with Crippen molar-refractivity contribution in [2.24, 2.45) is 17.8 Å². The summed E-state index contributed by atoms with van der Waals surface area (Å²) < 4.78 is 50.6. The molecule has 1 unspecified atom stereocenters. The third kappa shape index (κ3) is 8.63. The molecule has 0 heterocycles. The monoisotopic (exact) mass is 616 g/mol. The van der Waals surface area contributed by atoms with Crippen LogP contribution in [0.3, 0.4) is 0 Å². The van der Waals surface area contributed by atoms with Crippen LogP contribution in [0.25, 0.3) is 27.8 Å². The molecule has 0 spiro atoms. The Bertz CT molecular complexity index is 1400. The number of ether oxygens (including phenoxy) is 1. The molecule has 1 saturated carbocycles. The molecule has 0 bridgehead atoms. The SMILES string of the molecule is CCCCCCOc1ccc(-c2ccc(-c3ccc(C4=CCC(C5CCC(CCCCC)CC5)CC4)cc3F)cc2)c(F)c1F. The van der Waals surface area contributed by atoms with E-state index < -0.39 is 11.6 Å². The third-order valence-electron chi connectivity index (χ3n) is 10.4. The van der Waals surface area contributed by atoms with E-state index in [0.717, 1.165) is 61.8 Å². The minimum Gasteiger partial charge on any atom is -0.490 e. The number of unbranched alkanes of at least 4 members (excludes halogenated alkanes) is 5. The van der Waals surface area contributed by atoms with E-state index in [4.69, 9.17) is 4.74 Å². The lowest BCUT2D eigenvalue weighted by molar-refractivity contribution is 0.187. The molecule has 0 aromatic heterocycles. The van der Waals surface area contributed by atoms with Gasteiger partial charge in [0.1, 0.15) is 5.82 Å². The number of hydrogen-bond donors (Lipinski definition) is 0. The predicted octanol–water partition coefficient (Wildman–Crippen LogP) is 13.0. The molecule has 0 aliphatic heterocycles. The smallest absolute Gasteiger partial charge is 0.201 e. The molecule has 0 radical (unpaired) electrons. The van der Waals surface area contributed by atoms with Gasteiger partial charge in [-0.2, -0.15) is 4.39 Å². The molecule has 0 N–H and O–H groups in total. The molecule has 242 valence electrons. The molecule has 1 fully saturated rings. The maximum absolute atomic E-state index is 15.4.